The summed E-state index contributed by atoms with van der Waals surface area (Å²) >= 11 is 0. The summed E-state index contributed by atoms with van der Waals surface area (Å²) in [6.45, 7) is 5.98. The van der Waals surface area contributed by atoms with Gasteiger partial charge in [0.15, 0.2) is 5.82 Å². The minimum Gasteiger partial charge on any atom is -0.338 e. The summed E-state index contributed by atoms with van der Waals surface area (Å²) in [5.41, 5.74) is 0. The minimum atomic E-state index is -3.66. The number of nitrogens with zero attached hydrogens (tertiary/aromatic N) is 4. The van der Waals surface area contributed by atoms with Crippen LogP contribution in [0.25, 0.3) is 0 Å². The maximum absolute atomic E-state index is 12.2. The van der Waals surface area contributed by atoms with Gasteiger partial charge in [-0.3, -0.25) is 4.68 Å². The number of hydrogen-bond acceptors (Lipinski definition) is 6. The molecule has 0 saturated heterocycles. The molecule has 1 N–H and O–H groups in total. The average Bonchev–Trinajstić information content (AvgIpc) is 2.98. The van der Waals surface area contributed by atoms with Crippen LogP contribution in [0.15, 0.2) is 21.8 Å². The number of sulfonamides is 1. The van der Waals surface area contributed by atoms with Crippen LogP contribution in [0, 0.1) is 6.92 Å². The van der Waals surface area contributed by atoms with Gasteiger partial charge in [-0.25, -0.2) is 8.42 Å². The summed E-state index contributed by atoms with van der Waals surface area (Å²) in [4.78, 5) is 4.12. The van der Waals surface area contributed by atoms with Gasteiger partial charge in [-0.2, -0.15) is 14.8 Å². The van der Waals surface area contributed by atoms with Crippen LogP contribution in [0.2, 0.25) is 0 Å². The highest BCUT2D eigenvalue weighted by atomic mass is 32.2. The summed E-state index contributed by atoms with van der Waals surface area (Å²) in [5, 5.41) is 7.63. The highest BCUT2D eigenvalue weighted by Crippen LogP contribution is 2.15. The van der Waals surface area contributed by atoms with E-state index >= 15 is 0 Å². The van der Waals surface area contributed by atoms with E-state index in [2.05, 4.69) is 20.0 Å². The van der Waals surface area contributed by atoms with E-state index in [1.54, 1.807) is 18.5 Å². The van der Waals surface area contributed by atoms with Crippen LogP contribution >= 0.6 is 0 Å². The number of nitrogens with one attached hydrogen (secondary N) is 1. The van der Waals surface area contributed by atoms with Crippen molar-refractivity contribution in [3.63, 3.8) is 0 Å². The van der Waals surface area contributed by atoms with E-state index in [0.29, 0.717) is 12.4 Å². The summed E-state index contributed by atoms with van der Waals surface area (Å²) in [5.74, 6) is 0.689. The first-order valence-electron chi connectivity index (χ1n) is 6.27. The highest BCUT2D eigenvalue weighted by Gasteiger charge is 2.23. The first kappa shape index (κ1) is 14.7. The molecule has 0 aliphatic rings. The van der Waals surface area contributed by atoms with Gasteiger partial charge in [0.25, 0.3) is 0 Å². The summed E-state index contributed by atoms with van der Waals surface area (Å²) in [6.07, 6.45) is 3.70. The molecule has 2 heterocycles. The lowest BCUT2D eigenvalue weighted by atomic mass is 10.4. The third kappa shape index (κ3) is 3.23. The van der Waals surface area contributed by atoms with E-state index in [9.17, 15) is 8.42 Å². The van der Waals surface area contributed by atoms with Crippen LogP contribution in [-0.4, -0.2) is 28.3 Å². The molecule has 2 rings (SSSR count). The van der Waals surface area contributed by atoms with Gasteiger partial charge in [0.1, 0.15) is 4.90 Å². The van der Waals surface area contributed by atoms with E-state index in [4.69, 9.17) is 4.52 Å². The van der Waals surface area contributed by atoms with E-state index < -0.39 is 16.1 Å². The molecule has 0 unspecified atom stereocenters. The molecule has 9 heteroatoms. The topological polar surface area (TPSA) is 103 Å². The molecule has 2 aromatic heterocycles. The molecule has 0 saturated carbocycles. The Bertz CT molecular complexity index is 676. The Morgan fingerprint density at radius 3 is 2.85 bits per heavy atom. The van der Waals surface area contributed by atoms with Crippen molar-refractivity contribution in [1.29, 1.82) is 0 Å². The quantitative estimate of drug-likeness (QED) is 0.854. The predicted octanol–water partition coefficient (Wildman–Crippen LogP) is 1.02. The standard InChI is InChI=1S/C11H17N5O3S/c1-4-5-16-7-10(6-12-16)20(17,18)15-8(2)11-13-9(3)14-19-11/h6-8,15H,4-5H2,1-3H3/t8-/m1/s1. The zero-order chi connectivity index (χ0) is 14.8. The molecule has 0 aliphatic heterocycles. The predicted molar refractivity (Wildman–Crippen MR) is 70.3 cm³/mol. The van der Waals surface area contributed by atoms with Crippen LogP contribution in [0.3, 0.4) is 0 Å². The van der Waals surface area contributed by atoms with Gasteiger partial charge in [-0.1, -0.05) is 12.1 Å². The van der Waals surface area contributed by atoms with Crippen LogP contribution < -0.4 is 4.72 Å². The lowest BCUT2D eigenvalue weighted by molar-refractivity contribution is 0.351. The molecule has 1 atom stereocenters. The Morgan fingerprint density at radius 1 is 1.50 bits per heavy atom. The van der Waals surface area contributed by atoms with Gasteiger partial charge in [0.2, 0.25) is 15.9 Å². The number of rotatable bonds is 6. The van der Waals surface area contributed by atoms with Crippen molar-refractivity contribution in [3.05, 3.63) is 24.1 Å². The maximum atomic E-state index is 12.2. The fourth-order valence-electron chi connectivity index (χ4n) is 1.67. The van der Waals surface area contributed by atoms with Crippen LogP contribution in [0.5, 0.6) is 0 Å². The molecule has 0 spiro atoms. The summed E-state index contributed by atoms with van der Waals surface area (Å²) < 4.78 is 33.4. The van der Waals surface area contributed by atoms with Gasteiger partial charge >= 0.3 is 0 Å². The Hall–Kier alpha value is -1.74. The van der Waals surface area contributed by atoms with Crippen molar-refractivity contribution in [2.75, 3.05) is 0 Å². The van der Waals surface area contributed by atoms with E-state index in [0.717, 1.165) is 6.42 Å². The maximum Gasteiger partial charge on any atom is 0.244 e. The minimum absolute atomic E-state index is 0.119. The van der Waals surface area contributed by atoms with Gasteiger partial charge in [0, 0.05) is 12.7 Å². The van der Waals surface area contributed by atoms with Crippen molar-refractivity contribution in [1.82, 2.24) is 24.6 Å². The molecule has 110 valence electrons. The zero-order valence-corrected chi connectivity index (χ0v) is 12.4. The van der Waals surface area contributed by atoms with Crippen LogP contribution in [0.1, 0.15) is 38.0 Å². The molecule has 0 radical (unpaired) electrons. The van der Waals surface area contributed by atoms with E-state index in [1.807, 2.05) is 6.92 Å². The molecular formula is C11H17N5O3S. The van der Waals surface area contributed by atoms with Crippen molar-refractivity contribution in [3.8, 4) is 0 Å². The second-order valence-corrected chi connectivity index (χ2v) is 6.18. The number of aryl methyl sites for hydroxylation is 2. The second-order valence-electron chi connectivity index (χ2n) is 4.46. The van der Waals surface area contributed by atoms with Crippen LogP contribution in [-0.2, 0) is 16.6 Å². The Morgan fingerprint density at radius 2 is 2.25 bits per heavy atom. The Labute approximate surface area is 117 Å². The number of aromatic nitrogens is 4. The summed E-state index contributed by atoms with van der Waals surface area (Å²) in [7, 11) is -3.66. The smallest absolute Gasteiger partial charge is 0.244 e. The fraction of sp³-hybridized carbons (Fsp3) is 0.545. The van der Waals surface area contributed by atoms with Crippen molar-refractivity contribution in [2.45, 2.75) is 44.7 Å². The van der Waals surface area contributed by atoms with Crippen molar-refractivity contribution >= 4 is 10.0 Å². The van der Waals surface area contributed by atoms with Crippen LogP contribution in [0.4, 0.5) is 0 Å². The van der Waals surface area contributed by atoms with Gasteiger partial charge in [-0.15, -0.1) is 0 Å². The Balaban J connectivity index is 2.13. The van der Waals surface area contributed by atoms with Gasteiger partial charge < -0.3 is 4.52 Å². The number of hydrogen-bond donors (Lipinski definition) is 1. The first-order valence-corrected chi connectivity index (χ1v) is 7.75. The molecule has 8 nitrogen and oxygen atoms in total. The lowest BCUT2D eigenvalue weighted by Gasteiger charge is -2.08. The SMILES string of the molecule is CCCn1cc(S(=O)(=O)N[C@H](C)c2nc(C)no2)cn1. The largest absolute Gasteiger partial charge is 0.338 e. The second kappa shape index (κ2) is 5.71. The molecule has 0 aliphatic carbocycles. The highest BCUT2D eigenvalue weighted by molar-refractivity contribution is 7.89. The molecule has 0 aromatic carbocycles. The average molecular weight is 299 g/mol. The molecular weight excluding hydrogens is 282 g/mol. The first-order chi connectivity index (χ1) is 9.42. The molecule has 0 fully saturated rings. The van der Waals surface area contributed by atoms with E-state index in [1.165, 1.54) is 12.4 Å². The third-order valence-corrected chi connectivity index (χ3v) is 4.11. The molecule has 20 heavy (non-hydrogen) atoms. The lowest BCUT2D eigenvalue weighted by Crippen LogP contribution is -2.26. The molecule has 2 aromatic rings. The van der Waals surface area contributed by atoms with Crippen molar-refractivity contribution < 1.29 is 12.9 Å². The summed E-state index contributed by atoms with van der Waals surface area (Å²) in [6, 6.07) is -0.601. The Kier molecular flexibility index (Phi) is 4.19. The third-order valence-electron chi connectivity index (χ3n) is 2.62. The van der Waals surface area contributed by atoms with Gasteiger partial charge in [0.05, 0.1) is 12.2 Å². The fourth-order valence-corrected chi connectivity index (χ4v) is 2.82. The molecule has 0 bridgehead atoms. The van der Waals surface area contributed by atoms with Gasteiger partial charge in [-0.05, 0) is 20.3 Å². The monoisotopic (exact) mass is 299 g/mol. The molecule has 0 amide bonds. The van der Waals surface area contributed by atoms with E-state index in [-0.39, 0.29) is 10.8 Å². The zero-order valence-electron chi connectivity index (χ0n) is 11.6. The van der Waals surface area contributed by atoms with Crippen molar-refractivity contribution in [2.24, 2.45) is 0 Å². The normalized spacial score (nSPS) is 13.6.